The first-order valence-corrected chi connectivity index (χ1v) is 10.5. The van der Waals surface area contributed by atoms with Gasteiger partial charge in [0.15, 0.2) is 23.5 Å². The number of cyclic esters (lactones) is 1. The summed E-state index contributed by atoms with van der Waals surface area (Å²) in [7, 11) is 0.994. The van der Waals surface area contributed by atoms with E-state index in [1.54, 1.807) is 4.90 Å². The number of rotatable bonds is 6. The first kappa shape index (κ1) is 22.8. The molecule has 1 atom stereocenters. The number of hydrogen-bond donors (Lipinski definition) is 0. The lowest BCUT2D eigenvalue weighted by atomic mass is 10.0. The maximum atomic E-state index is 14.5. The fourth-order valence-electron chi connectivity index (χ4n) is 4.10. The average Bonchev–Trinajstić information content (AvgIpc) is 3.21. The molecule has 4 rings (SSSR count). The molecule has 2 aliphatic rings. The predicted molar refractivity (Wildman–Crippen MR) is 111 cm³/mol. The number of methoxy groups -OCH3 is 1. The fraction of sp³-hybridized carbons (Fsp3) is 0.391. The predicted octanol–water partition coefficient (Wildman–Crippen LogP) is 3.62. The van der Waals surface area contributed by atoms with E-state index in [4.69, 9.17) is 9.47 Å². The molecule has 2 amide bonds. The van der Waals surface area contributed by atoms with Crippen molar-refractivity contribution in [2.24, 2.45) is 0 Å². The van der Waals surface area contributed by atoms with Crippen molar-refractivity contribution in [2.45, 2.75) is 25.0 Å². The Balaban J connectivity index is 1.34. The minimum absolute atomic E-state index is 0.160. The van der Waals surface area contributed by atoms with Gasteiger partial charge in [0.05, 0.1) is 19.2 Å². The molecule has 0 bridgehead atoms. The number of hydrogen-bond acceptors (Lipinski definition) is 5. The zero-order valence-corrected chi connectivity index (χ0v) is 17.9. The zero-order chi connectivity index (χ0) is 23.5. The Morgan fingerprint density at radius 1 is 1.12 bits per heavy atom. The second-order valence-electron chi connectivity index (χ2n) is 7.87. The van der Waals surface area contributed by atoms with Crippen LogP contribution in [0.2, 0.25) is 0 Å². The zero-order valence-electron chi connectivity index (χ0n) is 17.9. The highest BCUT2D eigenvalue weighted by Crippen LogP contribution is 2.29. The third-order valence-electron chi connectivity index (χ3n) is 5.82. The number of carbonyl (C=O) groups is 2. The summed E-state index contributed by atoms with van der Waals surface area (Å²) >= 11 is 0. The lowest BCUT2D eigenvalue weighted by Crippen LogP contribution is -2.47. The van der Waals surface area contributed by atoms with Gasteiger partial charge in [-0.25, -0.2) is 13.6 Å². The van der Waals surface area contributed by atoms with E-state index in [0.717, 1.165) is 7.11 Å². The van der Waals surface area contributed by atoms with Crippen molar-refractivity contribution in [2.75, 3.05) is 33.4 Å². The van der Waals surface area contributed by atoms with Gasteiger partial charge in [-0.3, -0.25) is 4.79 Å². The van der Waals surface area contributed by atoms with Gasteiger partial charge >= 0.3 is 6.09 Å². The first-order valence-electron chi connectivity index (χ1n) is 10.5. The number of benzene rings is 2. The molecule has 0 aromatic heterocycles. The lowest BCUT2D eigenvalue weighted by Gasteiger charge is -2.35. The topological polar surface area (TPSA) is 68.3 Å². The summed E-state index contributed by atoms with van der Waals surface area (Å²) in [6.45, 7) is 1.03. The molecule has 7 nitrogen and oxygen atoms in total. The summed E-state index contributed by atoms with van der Waals surface area (Å²) in [6.07, 6.45) is 0.0179. The average molecular weight is 464 g/mol. The molecule has 2 heterocycles. The number of amides is 2. The van der Waals surface area contributed by atoms with Gasteiger partial charge in [0, 0.05) is 19.1 Å². The standard InChI is InChI=1S/C23H23F3N2O5/c1-31-21-19(25)17(11-18(24)20(21)26)22(29)27-9-7-14(8-10-27)28-12-16(33-23(28)30)13-32-15-5-3-2-4-6-15/h2-6,11,14,16H,7-10,12-13H2,1H3. The van der Waals surface area contributed by atoms with Crippen LogP contribution in [0.4, 0.5) is 18.0 Å². The summed E-state index contributed by atoms with van der Waals surface area (Å²) in [4.78, 5) is 28.0. The smallest absolute Gasteiger partial charge is 0.410 e. The van der Waals surface area contributed by atoms with Crippen LogP contribution in [-0.4, -0.2) is 67.3 Å². The largest absolute Gasteiger partial charge is 0.491 e. The second kappa shape index (κ2) is 9.60. The van der Waals surface area contributed by atoms with Gasteiger partial charge in [-0.2, -0.15) is 4.39 Å². The van der Waals surface area contributed by atoms with Crippen LogP contribution in [0.3, 0.4) is 0 Å². The third-order valence-corrected chi connectivity index (χ3v) is 5.82. The van der Waals surface area contributed by atoms with E-state index < -0.39 is 46.9 Å². The summed E-state index contributed by atoms with van der Waals surface area (Å²) in [5.74, 6) is -5.11. The summed E-state index contributed by atoms with van der Waals surface area (Å²) < 4.78 is 57.5. The highest BCUT2D eigenvalue weighted by Gasteiger charge is 2.39. The normalized spacial score (nSPS) is 18.9. The maximum absolute atomic E-state index is 14.5. The summed E-state index contributed by atoms with van der Waals surface area (Å²) in [5, 5.41) is 0. The van der Waals surface area contributed by atoms with Gasteiger partial charge in [0.2, 0.25) is 5.82 Å². The number of piperidine rings is 1. The molecular formula is C23H23F3N2O5. The molecule has 0 aliphatic carbocycles. The highest BCUT2D eigenvalue weighted by molar-refractivity contribution is 5.95. The van der Waals surface area contributed by atoms with Crippen molar-refractivity contribution in [3.05, 3.63) is 59.4 Å². The lowest BCUT2D eigenvalue weighted by molar-refractivity contribution is 0.0652. The van der Waals surface area contributed by atoms with Gasteiger partial charge in [-0.05, 0) is 31.0 Å². The van der Waals surface area contributed by atoms with Gasteiger partial charge < -0.3 is 24.0 Å². The SMILES string of the molecule is COc1c(F)c(F)cc(C(=O)N2CCC(N3CC(COc4ccccc4)OC3=O)CC2)c1F. The number of para-hydroxylation sites is 1. The number of likely N-dealkylation sites (tertiary alicyclic amines) is 1. The summed E-state index contributed by atoms with van der Waals surface area (Å²) in [5.41, 5.74) is -0.595. The molecule has 2 fully saturated rings. The monoisotopic (exact) mass is 464 g/mol. The summed E-state index contributed by atoms with van der Waals surface area (Å²) in [6, 6.07) is 9.57. The molecule has 0 spiro atoms. The molecule has 0 N–H and O–H groups in total. The van der Waals surface area contributed by atoms with Crippen LogP contribution in [0.25, 0.3) is 0 Å². The molecule has 2 saturated heterocycles. The van der Waals surface area contributed by atoms with E-state index in [0.29, 0.717) is 31.2 Å². The van der Waals surface area contributed by atoms with Crippen molar-refractivity contribution in [3.63, 3.8) is 0 Å². The molecule has 1 unspecified atom stereocenters. The van der Waals surface area contributed by atoms with E-state index in [2.05, 4.69) is 4.74 Å². The van der Waals surface area contributed by atoms with Crippen molar-refractivity contribution in [3.8, 4) is 11.5 Å². The molecular weight excluding hydrogens is 441 g/mol. The molecule has 33 heavy (non-hydrogen) atoms. The molecule has 10 heteroatoms. The Hall–Kier alpha value is -3.43. The number of ether oxygens (including phenoxy) is 3. The van der Waals surface area contributed by atoms with E-state index in [1.807, 2.05) is 30.3 Å². The Kier molecular flexibility index (Phi) is 6.62. The van der Waals surface area contributed by atoms with Gasteiger partial charge in [-0.1, -0.05) is 18.2 Å². The van der Waals surface area contributed by atoms with Crippen molar-refractivity contribution in [1.82, 2.24) is 9.80 Å². The van der Waals surface area contributed by atoms with Crippen LogP contribution in [0.5, 0.6) is 11.5 Å². The van der Waals surface area contributed by atoms with Crippen molar-refractivity contribution in [1.29, 1.82) is 0 Å². The minimum atomic E-state index is -1.48. The van der Waals surface area contributed by atoms with E-state index in [-0.39, 0.29) is 25.7 Å². The van der Waals surface area contributed by atoms with Crippen LogP contribution in [0.15, 0.2) is 36.4 Å². The number of carbonyl (C=O) groups excluding carboxylic acids is 2. The van der Waals surface area contributed by atoms with Gasteiger partial charge in [-0.15, -0.1) is 0 Å². The van der Waals surface area contributed by atoms with Crippen LogP contribution in [-0.2, 0) is 4.74 Å². The van der Waals surface area contributed by atoms with Crippen LogP contribution >= 0.6 is 0 Å². The second-order valence-corrected chi connectivity index (χ2v) is 7.87. The Morgan fingerprint density at radius 2 is 1.82 bits per heavy atom. The Morgan fingerprint density at radius 3 is 2.48 bits per heavy atom. The maximum Gasteiger partial charge on any atom is 0.410 e. The molecule has 2 aromatic carbocycles. The van der Waals surface area contributed by atoms with Gasteiger partial charge in [0.1, 0.15) is 12.4 Å². The van der Waals surface area contributed by atoms with Crippen LogP contribution in [0, 0.1) is 17.5 Å². The first-order chi connectivity index (χ1) is 15.9. The minimum Gasteiger partial charge on any atom is -0.491 e. The quantitative estimate of drug-likeness (QED) is 0.611. The number of halogens is 3. The van der Waals surface area contributed by atoms with Crippen LogP contribution in [0.1, 0.15) is 23.2 Å². The van der Waals surface area contributed by atoms with Crippen molar-refractivity contribution >= 4 is 12.0 Å². The molecule has 176 valence electrons. The van der Waals surface area contributed by atoms with Crippen LogP contribution < -0.4 is 9.47 Å². The third kappa shape index (κ3) is 4.69. The van der Waals surface area contributed by atoms with E-state index in [1.165, 1.54) is 4.90 Å². The number of nitrogens with zero attached hydrogens (tertiary/aromatic N) is 2. The molecule has 2 aromatic rings. The Bertz CT molecular complexity index is 1030. The molecule has 0 saturated carbocycles. The van der Waals surface area contributed by atoms with E-state index >= 15 is 0 Å². The van der Waals surface area contributed by atoms with Gasteiger partial charge in [0.25, 0.3) is 5.91 Å². The molecule has 2 aliphatic heterocycles. The van der Waals surface area contributed by atoms with Crippen molar-refractivity contribution < 1.29 is 37.0 Å². The van der Waals surface area contributed by atoms with E-state index in [9.17, 15) is 22.8 Å². The fourth-order valence-corrected chi connectivity index (χ4v) is 4.10. The molecule has 0 radical (unpaired) electrons. The Labute approximate surface area is 188 Å². The highest BCUT2D eigenvalue weighted by atomic mass is 19.2.